The summed E-state index contributed by atoms with van der Waals surface area (Å²) in [6.07, 6.45) is 0. The molecule has 0 unspecified atom stereocenters. The molecule has 0 amide bonds. The molecule has 0 bridgehead atoms. The molecule has 5 nitrogen and oxygen atoms in total. The molecular weight excluding hydrogens is 429 g/mol. The normalized spacial score (nSPS) is 10.8. The quantitative estimate of drug-likeness (QED) is 0.382. The van der Waals surface area contributed by atoms with Crippen LogP contribution < -0.4 is 15.4 Å². The van der Waals surface area contributed by atoms with Crippen LogP contribution in [0.25, 0.3) is 0 Å². The van der Waals surface area contributed by atoms with Crippen LogP contribution in [0.3, 0.4) is 0 Å². The van der Waals surface area contributed by atoms with Crippen molar-refractivity contribution in [3.63, 3.8) is 0 Å². The van der Waals surface area contributed by atoms with Crippen LogP contribution in [0.5, 0.6) is 5.75 Å². The standard InChI is InChI=1S/C19H25N3O2.HI/c1-20-19(22-13-17-5-4-6-18(11-17)24-3)21-12-15-7-9-16(10-8-15)14-23-2;/h4-11H,12-14H2,1-3H3,(H2,20,21,22);1H. The summed E-state index contributed by atoms with van der Waals surface area (Å²) in [7, 11) is 5.14. The van der Waals surface area contributed by atoms with Gasteiger partial charge in [0, 0.05) is 27.2 Å². The van der Waals surface area contributed by atoms with E-state index < -0.39 is 0 Å². The summed E-state index contributed by atoms with van der Waals surface area (Å²) in [6, 6.07) is 16.3. The molecule has 0 saturated heterocycles. The largest absolute Gasteiger partial charge is 0.497 e. The molecule has 0 aromatic heterocycles. The fourth-order valence-corrected chi connectivity index (χ4v) is 2.29. The van der Waals surface area contributed by atoms with Crippen molar-refractivity contribution in [2.45, 2.75) is 19.7 Å². The lowest BCUT2D eigenvalue weighted by Crippen LogP contribution is -2.36. The Morgan fingerprint density at radius 3 is 2.16 bits per heavy atom. The number of hydrogen-bond donors (Lipinski definition) is 2. The van der Waals surface area contributed by atoms with Crippen molar-refractivity contribution in [3.05, 3.63) is 65.2 Å². The highest BCUT2D eigenvalue weighted by molar-refractivity contribution is 14.0. The molecule has 0 atom stereocenters. The Kier molecular flexibility index (Phi) is 9.94. The predicted octanol–water partition coefficient (Wildman–Crippen LogP) is 3.32. The van der Waals surface area contributed by atoms with Gasteiger partial charge in [-0.05, 0) is 28.8 Å². The van der Waals surface area contributed by atoms with Crippen molar-refractivity contribution in [2.24, 2.45) is 4.99 Å². The molecule has 0 fully saturated rings. The summed E-state index contributed by atoms with van der Waals surface area (Å²) in [4.78, 5) is 4.25. The van der Waals surface area contributed by atoms with Gasteiger partial charge >= 0.3 is 0 Å². The molecule has 2 N–H and O–H groups in total. The van der Waals surface area contributed by atoms with Crippen LogP contribution in [0.15, 0.2) is 53.5 Å². The average molecular weight is 455 g/mol. The van der Waals surface area contributed by atoms with Crippen molar-refractivity contribution >= 4 is 29.9 Å². The number of nitrogens with zero attached hydrogens (tertiary/aromatic N) is 1. The molecule has 0 aliphatic heterocycles. The lowest BCUT2D eigenvalue weighted by molar-refractivity contribution is 0.185. The van der Waals surface area contributed by atoms with Crippen LogP contribution in [0.2, 0.25) is 0 Å². The lowest BCUT2D eigenvalue weighted by Gasteiger charge is -2.13. The number of nitrogens with one attached hydrogen (secondary N) is 2. The highest BCUT2D eigenvalue weighted by Gasteiger charge is 2.01. The van der Waals surface area contributed by atoms with Crippen LogP contribution in [0.4, 0.5) is 0 Å². The first-order valence-corrected chi connectivity index (χ1v) is 7.89. The van der Waals surface area contributed by atoms with Gasteiger partial charge in [-0.3, -0.25) is 4.99 Å². The summed E-state index contributed by atoms with van der Waals surface area (Å²) >= 11 is 0. The molecule has 0 spiro atoms. The second kappa shape index (κ2) is 11.7. The first-order valence-electron chi connectivity index (χ1n) is 7.89. The van der Waals surface area contributed by atoms with Gasteiger partial charge in [0.2, 0.25) is 0 Å². The Morgan fingerprint density at radius 2 is 1.56 bits per heavy atom. The van der Waals surface area contributed by atoms with Gasteiger partial charge in [-0.1, -0.05) is 36.4 Å². The first kappa shape index (κ1) is 21.2. The van der Waals surface area contributed by atoms with Gasteiger partial charge in [0.15, 0.2) is 5.96 Å². The highest BCUT2D eigenvalue weighted by atomic mass is 127. The van der Waals surface area contributed by atoms with E-state index >= 15 is 0 Å². The van der Waals surface area contributed by atoms with Gasteiger partial charge in [-0.25, -0.2) is 0 Å². The van der Waals surface area contributed by atoms with E-state index in [0.717, 1.165) is 17.3 Å². The second-order valence-electron chi connectivity index (χ2n) is 5.38. The smallest absolute Gasteiger partial charge is 0.191 e. The summed E-state index contributed by atoms with van der Waals surface area (Å²) in [6.45, 7) is 2.03. The molecule has 136 valence electrons. The molecule has 0 aliphatic rings. The molecular formula is C19H26IN3O2. The molecule has 6 heteroatoms. The van der Waals surface area contributed by atoms with E-state index in [1.807, 2.05) is 18.2 Å². The highest BCUT2D eigenvalue weighted by Crippen LogP contribution is 2.12. The molecule has 0 radical (unpaired) electrons. The third-order valence-electron chi connectivity index (χ3n) is 3.61. The number of rotatable bonds is 7. The average Bonchev–Trinajstić information content (AvgIpc) is 2.63. The number of hydrogen-bond acceptors (Lipinski definition) is 3. The van der Waals surface area contributed by atoms with Gasteiger partial charge < -0.3 is 20.1 Å². The number of halogens is 1. The van der Waals surface area contributed by atoms with E-state index in [9.17, 15) is 0 Å². The predicted molar refractivity (Wildman–Crippen MR) is 113 cm³/mol. The number of ether oxygens (including phenoxy) is 2. The third kappa shape index (κ3) is 7.31. The molecule has 0 aliphatic carbocycles. The van der Waals surface area contributed by atoms with E-state index in [0.29, 0.717) is 19.7 Å². The summed E-state index contributed by atoms with van der Waals surface area (Å²) in [5.74, 6) is 1.62. The van der Waals surface area contributed by atoms with E-state index in [-0.39, 0.29) is 24.0 Å². The Balaban J connectivity index is 0.00000312. The van der Waals surface area contributed by atoms with E-state index in [2.05, 4.69) is 46.0 Å². The monoisotopic (exact) mass is 455 g/mol. The van der Waals surface area contributed by atoms with Gasteiger partial charge in [0.25, 0.3) is 0 Å². The summed E-state index contributed by atoms with van der Waals surface area (Å²) in [5.41, 5.74) is 3.50. The Labute approximate surface area is 166 Å². The Morgan fingerprint density at radius 1 is 0.920 bits per heavy atom. The van der Waals surface area contributed by atoms with Crippen LogP contribution in [-0.2, 0) is 24.4 Å². The zero-order chi connectivity index (χ0) is 17.2. The fourth-order valence-electron chi connectivity index (χ4n) is 2.29. The van der Waals surface area contributed by atoms with Crippen LogP contribution in [0.1, 0.15) is 16.7 Å². The van der Waals surface area contributed by atoms with Gasteiger partial charge in [-0.15, -0.1) is 24.0 Å². The maximum atomic E-state index is 5.24. The molecule has 0 saturated carbocycles. The molecule has 2 aromatic rings. The summed E-state index contributed by atoms with van der Waals surface area (Å²) < 4.78 is 10.4. The lowest BCUT2D eigenvalue weighted by atomic mass is 10.1. The molecule has 2 rings (SSSR count). The number of methoxy groups -OCH3 is 2. The Hall–Kier alpha value is -1.80. The number of benzene rings is 2. The summed E-state index contributed by atoms with van der Waals surface area (Å²) in [5, 5.41) is 6.61. The SMILES string of the molecule is CN=C(NCc1ccc(COC)cc1)NCc1cccc(OC)c1.I. The second-order valence-corrected chi connectivity index (χ2v) is 5.38. The van der Waals surface area contributed by atoms with Gasteiger partial charge in [0.1, 0.15) is 5.75 Å². The first-order chi connectivity index (χ1) is 11.7. The molecule has 0 heterocycles. The van der Waals surface area contributed by atoms with Crippen LogP contribution in [-0.4, -0.2) is 27.2 Å². The van der Waals surface area contributed by atoms with Gasteiger partial charge in [0.05, 0.1) is 13.7 Å². The topological polar surface area (TPSA) is 54.9 Å². The van der Waals surface area contributed by atoms with Crippen molar-refractivity contribution in [1.29, 1.82) is 0 Å². The van der Waals surface area contributed by atoms with Crippen LogP contribution in [0, 0.1) is 0 Å². The van der Waals surface area contributed by atoms with Crippen molar-refractivity contribution < 1.29 is 9.47 Å². The number of guanidine groups is 1. The number of aliphatic imine (C=N–C) groups is 1. The van der Waals surface area contributed by atoms with Crippen molar-refractivity contribution in [2.75, 3.05) is 21.3 Å². The fraction of sp³-hybridized carbons (Fsp3) is 0.316. The minimum Gasteiger partial charge on any atom is -0.497 e. The maximum Gasteiger partial charge on any atom is 0.191 e. The van der Waals surface area contributed by atoms with E-state index in [4.69, 9.17) is 9.47 Å². The Bertz CT molecular complexity index is 660. The van der Waals surface area contributed by atoms with Crippen LogP contribution >= 0.6 is 24.0 Å². The molecule has 25 heavy (non-hydrogen) atoms. The molecule has 2 aromatic carbocycles. The minimum absolute atomic E-state index is 0. The third-order valence-corrected chi connectivity index (χ3v) is 3.61. The van der Waals surface area contributed by atoms with E-state index in [1.165, 1.54) is 11.1 Å². The zero-order valence-electron chi connectivity index (χ0n) is 14.9. The van der Waals surface area contributed by atoms with Gasteiger partial charge in [-0.2, -0.15) is 0 Å². The van der Waals surface area contributed by atoms with Crippen molar-refractivity contribution in [3.8, 4) is 5.75 Å². The van der Waals surface area contributed by atoms with Crippen molar-refractivity contribution in [1.82, 2.24) is 10.6 Å². The van der Waals surface area contributed by atoms with E-state index in [1.54, 1.807) is 21.3 Å². The minimum atomic E-state index is 0. The maximum absolute atomic E-state index is 5.24. The zero-order valence-corrected chi connectivity index (χ0v) is 17.2.